The molecule has 0 spiro atoms. The molecule has 0 aliphatic rings. The number of aliphatic hydroxyl groups excluding tert-OH is 1. The lowest BCUT2D eigenvalue weighted by Gasteiger charge is -1.95. The fourth-order valence-corrected chi connectivity index (χ4v) is 0.466. The first kappa shape index (κ1) is 8.44. The van der Waals surface area contributed by atoms with Crippen molar-refractivity contribution < 1.29 is 5.11 Å². The fraction of sp³-hybridized carbons (Fsp3) is 0.500. The van der Waals surface area contributed by atoms with Crippen LogP contribution in [0.5, 0.6) is 0 Å². The average molecular weight is 126 g/mol. The average Bonchev–Trinajstić information content (AvgIpc) is 1.63. The Morgan fingerprint density at radius 2 is 2.33 bits per heavy atom. The van der Waals surface area contributed by atoms with E-state index in [9.17, 15) is 0 Å². The van der Waals surface area contributed by atoms with Gasteiger partial charge in [0.25, 0.3) is 0 Å². The van der Waals surface area contributed by atoms with Gasteiger partial charge in [0, 0.05) is 0 Å². The van der Waals surface area contributed by atoms with E-state index in [2.05, 4.69) is 6.58 Å². The highest BCUT2D eigenvalue weighted by molar-refractivity contribution is 5.10. The minimum atomic E-state index is -0.236. The summed E-state index contributed by atoms with van der Waals surface area (Å²) in [6.07, 6.45) is 4.31. The van der Waals surface area contributed by atoms with Crippen LogP contribution in [0.2, 0.25) is 0 Å². The summed E-state index contributed by atoms with van der Waals surface area (Å²) < 4.78 is 0. The van der Waals surface area contributed by atoms with Gasteiger partial charge in [-0.2, -0.15) is 0 Å². The van der Waals surface area contributed by atoms with E-state index in [0.717, 1.165) is 5.57 Å². The third-order valence-electron chi connectivity index (χ3n) is 0.880. The van der Waals surface area contributed by atoms with Gasteiger partial charge in [-0.1, -0.05) is 24.3 Å². The van der Waals surface area contributed by atoms with Gasteiger partial charge in [-0.15, -0.1) is 0 Å². The van der Waals surface area contributed by atoms with E-state index < -0.39 is 0 Å². The first-order valence-electron chi connectivity index (χ1n) is 3.13. The van der Waals surface area contributed by atoms with Gasteiger partial charge >= 0.3 is 0 Å². The highest BCUT2D eigenvalue weighted by Gasteiger charge is 1.87. The maximum atomic E-state index is 8.78. The van der Waals surface area contributed by atoms with Crippen molar-refractivity contribution >= 4 is 0 Å². The van der Waals surface area contributed by atoms with E-state index in [1.807, 2.05) is 19.1 Å². The predicted molar refractivity (Wildman–Crippen MR) is 40.3 cm³/mol. The van der Waals surface area contributed by atoms with E-state index >= 15 is 0 Å². The highest BCUT2D eigenvalue weighted by atomic mass is 16.3. The molecule has 0 amide bonds. The second-order valence-electron chi connectivity index (χ2n) is 2.33. The molecule has 0 saturated carbocycles. The van der Waals surface area contributed by atoms with E-state index in [-0.39, 0.29) is 6.10 Å². The Morgan fingerprint density at radius 3 is 2.67 bits per heavy atom. The molecule has 1 nitrogen and oxygen atoms in total. The van der Waals surface area contributed by atoms with Crippen LogP contribution in [0.15, 0.2) is 24.3 Å². The normalized spacial score (nSPS) is 14.1. The number of aliphatic hydroxyl groups is 1. The quantitative estimate of drug-likeness (QED) is 0.572. The van der Waals surface area contributed by atoms with E-state index in [4.69, 9.17) is 5.11 Å². The molecule has 1 atom stereocenters. The zero-order chi connectivity index (χ0) is 7.28. The van der Waals surface area contributed by atoms with Gasteiger partial charge in [0.2, 0.25) is 0 Å². The minimum absolute atomic E-state index is 0.236. The molecule has 0 aromatic carbocycles. The van der Waals surface area contributed by atoms with Crippen LogP contribution < -0.4 is 0 Å². The lowest BCUT2D eigenvalue weighted by Crippen LogP contribution is -1.95. The molecular formula is C8H14O. The standard InChI is InChI=1S/C8H14O/c1-7(2)5-4-6-8(3)9/h4-5,8-9H,1,6H2,2-3H3/b5-4+. The van der Waals surface area contributed by atoms with E-state index in [1.165, 1.54) is 0 Å². The first-order valence-corrected chi connectivity index (χ1v) is 3.13. The third-order valence-corrected chi connectivity index (χ3v) is 0.880. The van der Waals surface area contributed by atoms with Crippen molar-refractivity contribution in [1.29, 1.82) is 0 Å². The maximum Gasteiger partial charge on any atom is 0.0546 e. The van der Waals surface area contributed by atoms with Crippen LogP contribution in [0.4, 0.5) is 0 Å². The van der Waals surface area contributed by atoms with Crippen molar-refractivity contribution in [3.63, 3.8) is 0 Å². The maximum absolute atomic E-state index is 8.78. The summed E-state index contributed by atoms with van der Waals surface area (Å²) in [4.78, 5) is 0. The molecule has 0 aliphatic heterocycles. The molecule has 0 fully saturated rings. The van der Waals surface area contributed by atoms with Crippen molar-refractivity contribution in [1.82, 2.24) is 0 Å². The molecule has 9 heavy (non-hydrogen) atoms. The zero-order valence-electron chi connectivity index (χ0n) is 6.09. The smallest absolute Gasteiger partial charge is 0.0546 e. The van der Waals surface area contributed by atoms with Crippen LogP contribution in [0, 0.1) is 0 Å². The van der Waals surface area contributed by atoms with Crippen molar-refractivity contribution in [2.75, 3.05) is 0 Å². The van der Waals surface area contributed by atoms with Crippen LogP contribution >= 0.6 is 0 Å². The molecule has 0 saturated heterocycles. The summed E-state index contributed by atoms with van der Waals surface area (Å²) in [6.45, 7) is 7.38. The number of hydrogen-bond acceptors (Lipinski definition) is 1. The number of allylic oxidation sites excluding steroid dienone is 2. The summed E-state index contributed by atoms with van der Waals surface area (Å²) in [5, 5.41) is 8.78. The Labute approximate surface area is 56.7 Å². The predicted octanol–water partition coefficient (Wildman–Crippen LogP) is 1.89. The van der Waals surface area contributed by atoms with Gasteiger partial charge in [-0.25, -0.2) is 0 Å². The molecule has 0 heterocycles. The van der Waals surface area contributed by atoms with E-state index in [0.29, 0.717) is 6.42 Å². The second kappa shape index (κ2) is 4.33. The Kier molecular flexibility index (Phi) is 4.06. The summed E-state index contributed by atoms with van der Waals surface area (Å²) in [7, 11) is 0. The largest absolute Gasteiger partial charge is 0.393 e. The van der Waals surface area contributed by atoms with Gasteiger partial charge in [-0.05, 0) is 20.3 Å². The fourth-order valence-electron chi connectivity index (χ4n) is 0.466. The van der Waals surface area contributed by atoms with Crippen molar-refractivity contribution in [2.45, 2.75) is 26.4 Å². The minimum Gasteiger partial charge on any atom is -0.393 e. The highest BCUT2D eigenvalue weighted by Crippen LogP contribution is 1.94. The zero-order valence-corrected chi connectivity index (χ0v) is 6.09. The lowest BCUT2D eigenvalue weighted by molar-refractivity contribution is 0.198. The SMILES string of the molecule is C=C(C)/C=C/CC(C)O. The lowest BCUT2D eigenvalue weighted by atomic mass is 10.2. The van der Waals surface area contributed by atoms with Crippen LogP contribution in [0.1, 0.15) is 20.3 Å². The van der Waals surface area contributed by atoms with Gasteiger partial charge in [0.15, 0.2) is 0 Å². The van der Waals surface area contributed by atoms with Gasteiger partial charge in [0.1, 0.15) is 0 Å². The summed E-state index contributed by atoms with van der Waals surface area (Å²) in [5.41, 5.74) is 1.02. The van der Waals surface area contributed by atoms with Gasteiger partial charge in [-0.3, -0.25) is 0 Å². The molecule has 1 heteroatoms. The van der Waals surface area contributed by atoms with Crippen molar-refractivity contribution in [3.05, 3.63) is 24.3 Å². The van der Waals surface area contributed by atoms with Crippen LogP contribution in [0.3, 0.4) is 0 Å². The number of rotatable bonds is 3. The summed E-state index contributed by atoms with van der Waals surface area (Å²) in [6, 6.07) is 0. The topological polar surface area (TPSA) is 20.2 Å². The van der Waals surface area contributed by atoms with E-state index in [1.54, 1.807) is 6.92 Å². The van der Waals surface area contributed by atoms with Crippen LogP contribution in [0.25, 0.3) is 0 Å². The summed E-state index contributed by atoms with van der Waals surface area (Å²) in [5.74, 6) is 0. The molecule has 1 N–H and O–H groups in total. The Bertz CT molecular complexity index is 112. The molecular weight excluding hydrogens is 112 g/mol. The molecule has 0 aromatic rings. The molecule has 0 radical (unpaired) electrons. The Balaban J connectivity index is 3.36. The Hall–Kier alpha value is -0.560. The Morgan fingerprint density at radius 1 is 1.78 bits per heavy atom. The molecule has 52 valence electrons. The van der Waals surface area contributed by atoms with Gasteiger partial charge in [0.05, 0.1) is 6.10 Å². The second-order valence-corrected chi connectivity index (χ2v) is 2.33. The van der Waals surface area contributed by atoms with Crippen molar-refractivity contribution in [2.24, 2.45) is 0 Å². The molecule has 0 aromatic heterocycles. The van der Waals surface area contributed by atoms with Crippen LogP contribution in [-0.4, -0.2) is 11.2 Å². The number of hydrogen-bond donors (Lipinski definition) is 1. The molecule has 0 rings (SSSR count). The first-order chi connectivity index (χ1) is 4.13. The monoisotopic (exact) mass is 126 g/mol. The van der Waals surface area contributed by atoms with Gasteiger partial charge < -0.3 is 5.11 Å². The molecule has 0 bridgehead atoms. The molecule has 0 aliphatic carbocycles. The summed E-state index contributed by atoms with van der Waals surface area (Å²) >= 11 is 0. The molecule has 1 unspecified atom stereocenters. The van der Waals surface area contributed by atoms with Crippen LogP contribution in [-0.2, 0) is 0 Å². The van der Waals surface area contributed by atoms with Crippen molar-refractivity contribution in [3.8, 4) is 0 Å². The third kappa shape index (κ3) is 7.44.